The molecule has 2 heterocycles. The summed E-state index contributed by atoms with van der Waals surface area (Å²) in [4.78, 5) is 14.3. The summed E-state index contributed by atoms with van der Waals surface area (Å²) < 4.78 is 5.28. The van der Waals surface area contributed by atoms with Gasteiger partial charge in [-0.15, -0.1) is 35.3 Å². The van der Waals surface area contributed by atoms with Crippen molar-refractivity contribution in [2.24, 2.45) is 4.99 Å². The van der Waals surface area contributed by atoms with Crippen LogP contribution in [-0.4, -0.2) is 28.1 Å². The van der Waals surface area contributed by atoms with E-state index >= 15 is 0 Å². The van der Waals surface area contributed by atoms with E-state index in [1.807, 2.05) is 19.1 Å². The van der Waals surface area contributed by atoms with Gasteiger partial charge in [0.2, 0.25) is 11.7 Å². The molecule has 0 saturated carbocycles. The number of benzene rings is 1. The molecule has 144 valence electrons. The summed E-state index contributed by atoms with van der Waals surface area (Å²) in [5, 5.41) is 12.0. The number of aliphatic imine (C=N–C) groups is 1. The van der Waals surface area contributed by atoms with E-state index in [0.717, 1.165) is 16.3 Å². The maximum absolute atomic E-state index is 5.99. The molecule has 27 heavy (non-hydrogen) atoms. The lowest BCUT2D eigenvalue weighted by molar-refractivity contribution is 0.375. The molecule has 0 radical (unpaired) electrons. The minimum Gasteiger partial charge on any atom is -0.350 e. The first-order chi connectivity index (χ1) is 12.5. The maximum atomic E-state index is 5.99. The minimum absolute atomic E-state index is 0. The highest BCUT2D eigenvalue weighted by atomic mass is 127. The highest BCUT2D eigenvalue weighted by Gasteiger charge is 2.10. The average Bonchev–Trinajstić information content (AvgIpc) is 3.22. The predicted octanol–water partition coefficient (Wildman–Crippen LogP) is 3.95. The molecular formula is C17H20ClIN6OS. The first-order valence-corrected chi connectivity index (χ1v) is 9.20. The average molecular weight is 519 g/mol. The van der Waals surface area contributed by atoms with Gasteiger partial charge in [-0.3, -0.25) is 4.99 Å². The second-order valence-corrected chi connectivity index (χ2v) is 7.27. The monoisotopic (exact) mass is 518 g/mol. The normalized spacial score (nSPS) is 11.2. The van der Waals surface area contributed by atoms with Gasteiger partial charge in [0.25, 0.3) is 0 Å². The minimum atomic E-state index is 0. The number of guanidine groups is 1. The lowest BCUT2D eigenvalue weighted by Gasteiger charge is -2.08. The van der Waals surface area contributed by atoms with Crippen molar-refractivity contribution < 1.29 is 4.52 Å². The molecule has 10 heteroatoms. The summed E-state index contributed by atoms with van der Waals surface area (Å²) in [6, 6.07) is 7.32. The molecule has 0 amide bonds. The smallest absolute Gasteiger partial charge is 0.246 e. The molecular weight excluding hydrogens is 499 g/mol. The Bertz CT molecular complexity index is 906. The Morgan fingerprint density at radius 3 is 2.67 bits per heavy atom. The molecule has 2 N–H and O–H groups in total. The Kier molecular flexibility index (Phi) is 7.99. The summed E-state index contributed by atoms with van der Waals surface area (Å²) in [5.41, 5.74) is 1.87. The number of aryl methyl sites for hydroxylation is 2. The van der Waals surface area contributed by atoms with Crippen molar-refractivity contribution in [2.75, 3.05) is 7.05 Å². The number of hydrogen-bond donors (Lipinski definition) is 2. The van der Waals surface area contributed by atoms with Crippen LogP contribution in [0.3, 0.4) is 0 Å². The van der Waals surface area contributed by atoms with Crippen LogP contribution in [0.25, 0.3) is 11.4 Å². The molecule has 1 aromatic carbocycles. The molecule has 0 atom stereocenters. The zero-order valence-corrected chi connectivity index (χ0v) is 19.0. The van der Waals surface area contributed by atoms with Crippen molar-refractivity contribution >= 4 is 52.9 Å². The van der Waals surface area contributed by atoms with E-state index in [2.05, 4.69) is 37.7 Å². The van der Waals surface area contributed by atoms with Crippen LogP contribution in [0.2, 0.25) is 5.02 Å². The SMILES string of the molecule is CN=C(NCc1nc(-c2cccc(Cl)c2)no1)NCc1nc(C)c(C)s1.I. The molecule has 0 aliphatic heterocycles. The molecule has 0 bridgehead atoms. The van der Waals surface area contributed by atoms with Gasteiger partial charge in [-0.05, 0) is 26.0 Å². The van der Waals surface area contributed by atoms with E-state index in [0.29, 0.717) is 35.8 Å². The molecule has 2 aromatic heterocycles. The molecule has 0 spiro atoms. The molecule has 7 nitrogen and oxygen atoms in total. The maximum Gasteiger partial charge on any atom is 0.246 e. The van der Waals surface area contributed by atoms with Crippen molar-refractivity contribution in [2.45, 2.75) is 26.9 Å². The van der Waals surface area contributed by atoms with Gasteiger partial charge in [-0.25, -0.2) is 4.98 Å². The Labute approximate surface area is 183 Å². The fourth-order valence-corrected chi connectivity index (χ4v) is 3.29. The Morgan fingerprint density at radius 2 is 2.00 bits per heavy atom. The Hall–Kier alpha value is -1.72. The van der Waals surface area contributed by atoms with E-state index < -0.39 is 0 Å². The van der Waals surface area contributed by atoms with Gasteiger partial charge in [0.1, 0.15) is 5.01 Å². The first kappa shape index (κ1) is 21.6. The third-order valence-electron chi connectivity index (χ3n) is 3.66. The quantitative estimate of drug-likeness (QED) is 0.302. The topological polar surface area (TPSA) is 88.2 Å². The predicted molar refractivity (Wildman–Crippen MR) is 119 cm³/mol. The van der Waals surface area contributed by atoms with Gasteiger partial charge in [-0.2, -0.15) is 4.98 Å². The standard InChI is InChI=1S/C17H19ClN6OS.HI/c1-10-11(2)26-15(22-10)9-21-17(19-3)20-8-14-23-16(24-25-14)12-5-4-6-13(18)7-12;/h4-7H,8-9H2,1-3H3,(H2,19,20,21);1H. The van der Waals surface area contributed by atoms with Gasteiger partial charge in [0.15, 0.2) is 5.96 Å². The van der Waals surface area contributed by atoms with E-state index in [1.165, 1.54) is 4.88 Å². The van der Waals surface area contributed by atoms with E-state index in [1.54, 1.807) is 30.5 Å². The second kappa shape index (κ2) is 10.00. The van der Waals surface area contributed by atoms with Crippen LogP contribution in [0.15, 0.2) is 33.8 Å². The fraction of sp³-hybridized carbons (Fsp3) is 0.294. The molecule has 0 aliphatic carbocycles. The van der Waals surface area contributed by atoms with Crippen LogP contribution in [0.5, 0.6) is 0 Å². The highest BCUT2D eigenvalue weighted by molar-refractivity contribution is 14.0. The molecule has 0 aliphatic rings. The summed E-state index contributed by atoms with van der Waals surface area (Å²) in [5.74, 6) is 1.60. The van der Waals surface area contributed by atoms with Gasteiger partial charge >= 0.3 is 0 Å². The van der Waals surface area contributed by atoms with Crippen LogP contribution in [0, 0.1) is 13.8 Å². The van der Waals surface area contributed by atoms with Crippen LogP contribution < -0.4 is 10.6 Å². The molecule has 0 saturated heterocycles. The highest BCUT2D eigenvalue weighted by Crippen LogP contribution is 2.20. The number of nitrogens with one attached hydrogen (secondary N) is 2. The van der Waals surface area contributed by atoms with Gasteiger partial charge in [0, 0.05) is 22.5 Å². The zero-order chi connectivity index (χ0) is 18.5. The summed E-state index contributed by atoms with van der Waals surface area (Å²) in [6.45, 7) is 5.05. The van der Waals surface area contributed by atoms with Gasteiger partial charge in [-0.1, -0.05) is 28.9 Å². The zero-order valence-electron chi connectivity index (χ0n) is 15.1. The third kappa shape index (κ3) is 5.88. The molecule has 3 aromatic rings. The number of halogens is 2. The first-order valence-electron chi connectivity index (χ1n) is 8.01. The van der Waals surface area contributed by atoms with E-state index in [4.69, 9.17) is 16.1 Å². The van der Waals surface area contributed by atoms with Crippen molar-refractivity contribution in [3.63, 3.8) is 0 Å². The lowest BCUT2D eigenvalue weighted by Crippen LogP contribution is -2.36. The van der Waals surface area contributed by atoms with Crippen molar-refractivity contribution in [3.8, 4) is 11.4 Å². The van der Waals surface area contributed by atoms with Crippen LogP contribution in [-0.2, 0) is 13.1 Å². The van der Waals surface area contributed by atoms with Crippen LogP contribution in [0.4, 0.5) is 0 Å². The van der Waals surface area contributed by atoms with Crippen LogP contribution in [0.1, 0.15) is 21.5 Å². The Morgan fingerprint density at radius 1 is 1.22 bits per heavy atom. The Balaban J connectivity index is 0.00000261. The van der Waals surface area contributed by atoms with Crippen molar-refractivity contribution in [1.29, 1.82) is 0 Å². The largest absolute Gasteiger partial charge is 0.350 e. The van der Waals surface area contributed by atoms with Gasteiger partial charge in [0.05, 0.1) is 18.8 Å². The molecule has 0 fully saturated rings. The van der Waals surface area contributed by atoms with Crippen LogP contribution >= 0.6 is 46.9 Å². The molecule has 3 rings (SSSR count). The fourth-order valence-electron chi connectivity index (χ4n) is 2.23. The molecule has 0 unspecified atom stereocenters. The summed E-state index contributed by atoms with van der Waals surface area (Å²) >= 11 is 7.67. The van der Waals surface area contributed by atoms with Crippen molar-refractivity contribution in [3.05, 3.63) is 50.8 Å². The number of nitrogens with zero attached hydrogens (tertiary/aromatic N) is 4. The van der Waals surface area contributed by atoms with Crippen molar-refractivity contribution in [1.82, 2.24) is 25.8 Å². The second-order valence-electron chi connectivity index (χ2n) is 5.55. The lowest BCUT2D eigenvalue weighted by atomic mass is 10.2. The van der Waals surface area contributed by atoms with E-state index in [9.17, 15) is 0 Å². The summed E-state index contributed by atoms with van der Waals surface area (Å²) in [6.07, 6.45) is 0. The third-order valence-corrected chi connectivity index (χ3v) is 4.97. The van der Waals surface area contributed by atoms with Gasteiger partial charge < -0.3 is 15.2 Å². The summed E-state index contributed by atoms with van der Waals surface area (Å²) in [7, 11) is 1.71. The number of aromatic nitrogens is 3. The number of thiazole rings is 1. The number of hydrogen-bond acceptors (Lipinski definition) is 6. The van der Waals surface area contributed by atoms with E-state index in [-0.39, 0.29) is 24.0 Å². The number of rotatable bonds is 5.